The Morgan fingerprint density at radius 3 is 2.71 bits per heavy atom. The first kappa shape index (κ1) is 10.7. The molecule has 1 rings (SSSR count). The van der Waals surface area contributed by atoms with Crippen LogP contribution in [0.3, 0.4) is 0 Å². The minimum Gasteiger partial charge on any atom is -0.465 e. The number of rotatable bonds is 2. The third-order valence-electron chi connectivity index (χ3n) is 2.16. The molecule has 1 aliphatic rings. The molecule has 78 valence electrons. The Balaban J connectivity index is 2.71. The minimum atomic E-state index is -0.840. The Hall–Kier alpha value is -1.39. The summed E-state index contributed by atoms with van der Waals surface area (Å²) in [6, 6.07) is 0. The van der Waals surface area contributed by atoms with E-state index in [1.165, 1.54) is 0 Å². The summed E-state index contributed by atoms with van der Waals surface area (Å²) in [5.74, 6) is -2.55. The predicted octanol–water partition coefficient (Wildman–Crippen LogP) is -0.152. The third kappa shape index (κ3) is 2.10. The zero-order valence-electron chi connectivity index (χ0n) is 8.20. The number of piperidine rings is 1. The molecule has 2 amide bonds. The van der Waals surface area contributed by atoms with Crippen LogP contribution in [0, 0.1) is 11.8 Å². The molecular formula is C9H13NO4. The van der Waals surface area contributed by atoms with Crippen molar-refractivity contribution in [1.82, 2.24) is 5.32 Å². The lowest BCUT2D eigenvalue weighted by molar-refractivity contribution is -0.157. The molecular weight excluding hydrogens is 186 g/mol. The van der Waals surface area contributed by atoms with Gasteiger partial charge in [-0.1, -0.05) is 6.92 Å². The first-order valence-corrected chi connectivity index (χ1v) is 4.56. The van der Waals surface area contributed by atoms with Gasteiger partial charge in [-0.15, -0.1) is 0 Å². The van der Waals surface area contributed by atoms with Crippen molar-refractivity contribution in [3.63, 3.8) is 0 Å². The lowest BCUT2D eigenvalue weighted by Gasteiger charge is -2.25. The molecule has 0 spiro atoms. The van der Waals surface area contributed by atoms with E-state index in [-0.39, 0.29) is 24.9 Å². The van der Waals surface area contributed by atoms with Crippen molar-refractivity contribution in [2.24, 2.45) is 11.8 Å². The maximum atomic E-state index is 11.3. The van der Waals surface area contributed by atoms with E-state index in [4.69, 9.17) is 4.74 Å². The van der Waals surface area contributed by atoms with E-state index in [2.05, 4.69) is 5.32 Å². The number of carbonyl (C=O) groups excluding carboxylic acids is 3. The summed E-state index contributed by atoms with van der Waals surface area (Å²) in [5.41, 5.74) is 0. The van der Waals surface area contributed by atoms with E-state index in [0.29, 0.717) is 0 Å². The monoisotopic (exact) mass is 199 g/mol. The van der Waals surface area contributed by atoms with Crippen molar-refractivity contribution < 1.29 is 19.1 Å². The van der Waals surface area contributed by atoms with Gasteiger partial charge >= 0.3 is 5.97 Å². The summed E-state index contributed by atoms with van der Waals surface area (Å²) in [5, 5.41) is 2.12. The van der Waals surface area contributed by atoms with Gasteiger partial charge in [-0.25, -0.2) is 0 Å². The number of hydrogen-bond acceptors (Lipinski definition) is 4. The zero-order valence-corrected chi connectivity index (χ0v) is 8.20. The second-order valence-corrected chi connectivity index (χ2v) is 3.32. The topological polar surface area (TPSA) is 72.5 Å². The molecule has 0 bridgehead atoms. The fourth-order valence-electron chi connectivity index (χ4n) is 1.51. The van der Waals surface area contributed by atoms with Crippen LogP contribution in [0.1, 0.15) is 20.3 Å². The second-order valence-electron chi connectivity index (χ2n) is 3.32. The van der Waals surface area contributed by atoms with Crippen LogP contribution in [-0.4, -0.2) is 24.4 Å². The van der Waals surface area contributed by atoms with Crippen molar-refractivity contribution in [2.45, 2.75) is 20.3 Å². The highest BCUT2D eigenvalue weighted by Crippen LogP contribution is 2.21. The second kappa shape index (κ2) is 4.21. The Bertz CT molecular complexity index is 274. The molecule has 1 aliphatic heterocycles. The Labute approximate surface area is 81.8 Å². The molecule has 0 saturated carbocycles. The van der Waals surface area contributed by atoms with E-state index < -0.39 is 17.8 Å². The molecule has 14 heavy (non-hydrogen) atoms. The van der Waals surface area contributed by atoms with Gasteiger partial charge in [-0.3, -0.25) is 19.7 Å². The fraction of sp³-hybridized carbons (Fsp3) is 0.667. The standard InChI is InChI=1S/C9H13NO4/c1-3-14-9(13)7-5(2)4-6(11)10-8(7)12/h5,7H,3-4H2,1-2H3,(H,10,11,12). The summed E-state index contributed by atoms with van der Waals surface area (Å²) in [7, 11) is 0. The summed E-state index contributed by atoms with van der Waals surface area (Å²) >= 11 is 0. The summed E-state index contributed by atoms with van der Waals surface area (Å²) in [6.07, 6.45) is 0.190. The molecule has 2 unspecified atom stereocenters. The average molecular weight is 199 g/mol. The first-order valence-electron chi connectivity index (χ1n) is 4.56. The molecule has 0 aromatic carbocycles. The maximum absolute atomic E-state index is 11.3. The van der Waals surface area contributed by atoms with E-state index in [0.717, 1.165) is 0 Å². The normalized spacial score (nSPS) is 27.0. The van der Waals surface area contributed by atoms with E-state index >= 15 is 0 Å². The highest BCUT2D eigenvalue weighted by molar-refractivity contribution is 6.07. The number of hydrogen-bond donors (Lipinski definition) is 1. The van der Waals surface area contributed by atoms with Crippen molar-refractivity contribution >= 4 is 17.8 Å². The van der Waals surface area contributed by atoms with E-state index in [1.807, 2.05) is 0 Å². The van der Waals surface area contributed by atoms with Crippen LogP contribution in [0.15, 0.2) is 0 Å². The molecule has 0 aromatic rings. The Morgan fingerprint density at radius 2 is 2.21 bits per heavy atom. The van der Waals surface area contributed by atoms with Gasteiger partial charge in [0.25, 0.3) is 0 Å². The molecule has 5 heteroatoms. The van der Waals surface area contributed by atoms with E-state index in [1.54, 1.807) is 13.8 Å². The smallest absolute Gasteiger partial charge is 0.318 e. The van der Waals surface area contributed by atoms with Crippen LogP contribution in [0.25, 0.3) is 0 Å². The number of imide groups is 1. The number of nitrogens with one attached hydrogen (secondary N) is 1. The van der Waals surface area contributed by atoms with Gasteiger partial charge in [-0.2, -0.15) is 0 Å². The molecule has 0 aliphatic carbocycles. The molecule has 2 atom stereocenters. The average Bonchev–Trinajstić information content (AvgIpc) is 2.01. The molecule has 1 heterocycles. The predicted molar refractivity (Wildman–Crippen MR) is 47.1 cm³/mol. The lowest BCUT2D eigenvalue weighted by atomic mass is 9.87. The molecule has 1 N–H and O–H groups in total. The van der Waals surface area contributed by atoms with Crippen LogP contribution in [0.2, 0.25) is 0 Å². The first-order chi connectivity index (χ1) is 6.56. The van der Waals surface area contributed by atoms with Gasteiger partial charge in [0.15, 0.2) is 0 Å². The van der Waals surface area contributed by atoms with Crippen LogP contribution in [0.5, 0.6) is 0 Å². The van der Waals surface area contributed by atoms with Crippen molar-refractivity contribution in [1.29, 1.82) is 0 Å². The van der Waals surface area contributed by atoms with Crippen LogP contribution >= 0.6 is 0 Å². The van der Waals surface area contributed by atoms with Crippen molar-refractivity contribution in [3.8, 4) is 0 Å². The molecule has 0 radical (unpaired) electrons. The fourth-order valence-corrected chi connectivity index (χ4v) is 1.51. The summed E-state index contributed by atoms with van der Waals surface area (Å²) in [4.78, 5) is 33.6. The molecule has 1 saturated heterocycles. The van der Waals surface area contributed by atoms with Crippen molar-refractivity contribution in [2.75, 3.05) is 6.61 Å². The van der Waals surface area contributed by atoms with Crippen LogP contribution in [0.4, 0.5) is 0 Å². The number of carbonyl (C=O) groups is 3. The third-order valence-corrected chi connectivity index (χ3v) is 2.16. The van der Waals surface area contributed by atoms with Gasteiger partial charge < -0.3 is 4.74 Å². The number of ether oxygens (including phenoxy) is 1. The molecule has 5 nitrogen and oxygen atoms in total. The van der Waals surface area contributed by atoms with Crippen LogP contribution < -0.4 is 5.32 Å². The maximum Gasteiger partial charge on any atom is 0.318 e. The van der Waals surface area contributed by atoms with Gasteiger partial charge in [0.05, 0.1) is 6.61 Å². The summed E-state index contributed by atoms with van der Waals surface area (Å²) < 4.78 is 4.75. The lowest BCUT2D eigenvalue weighted by Crippen LogP contribution is -2.48. The van der Waals surface area contributed by atoms with E-state index in [9.17, 15) is 14.4 Å². The zero-order chi connectivity index (χ0) is 10.7. The van der Waals surface area contributed by atoms with Gasteiger partial charge in [0.2, 0.25) is 11.8 Å². The quantitative estimate of drug-likeness (QED) is 0.381. The number of amides is 2. The highest BCUT2D eigenvalue weighted by atomic mass is 16.5. The molecule has 1 fully saturated rings. The Kier molecular flexibility index (Phi) is 3.22. The highest BCUT2D eigenvalue weighted by Gasteiger charge is 2.39. The number of esters is 1. The van der Waals surface area contributed by atoms with Gasteiger partial charge in [0.1, 0.15) is 5.92 Å². The largest absolute Gasteiger partial charge is 0.465 e. The van der Waals surface area contributed by atoms with Crippen molar-refractivity contribution in [3.05, 3.63) is 0 Å². The Morgan fingerprint density at radius 1 is 1.57 bits per heavy atom. The summed E-state index contributed by atoms with van der Waals surface area (Å²) in [6.45, 7) is 3.61. The SMILES string of the molecule is CCOC(=O)C1C(=O)NC(=O)CC1C. The van der Waals surface area contributed by atoms with Crippen LogP contribution in [-0.2, 0) is 19.1 Å². The van der Waals surface area contributed by atoms with Gasteiger partial charge in [-0.05, 0) is 12.8 Å². The van der Waals surface area contributed by atoms with Gasteiger partial charge in [0, 0.05) is 6.42 Å². The molecule has 0 aromatic heterocycles. The minimum absolute atomic E-state index is 0.190.